The summed E-state index contributed by atoms with van der Waals surface area (Å²) in [5.41, 5.74) is 11.3. The number of nitrogens with one attached hydrogen (secondary N) is 1. The van der Waals surface area contributed by atoms with E-state index in [9.17, 15) is 5.26 Å². The Labute approximate surface area is 319 Å². The minimum Gasteiger partial charge on any atom is -0.455 e. The molecule has 12 rings (SSSR count). The SMILES string of the molecule is N#Cc1c(-n2c3ccccc3c3ccccc32)ccc(-n2c3ccc(-n4c5ccccc5c5ccccc54)cc3c3c4oc5ccccc5c4ccc32)c1C=N. The topological polar surface area (TPSA) is 75.6 Å². The fourth-order valence-corrected chi connectivity index (χ4v) is 9.30. The van der Waals surface area contributed by atoms with E-state index in [1.165, 1.54) is 17.0 Å². The molecule has 0 aliphatic carbocycles. The lowest BCUT2D eigenvalue weighted by Gasteiger charge is -2.17. The monoisotopic (exact) mass is 715 g/mol. The lowest BCUT2D eigenvalue weighted by atomic mass is 10.0. The Morgan fingerprint density at radius 1 is 0.464 bits per heavy atom. The van der Waals surface area contributed by atoms with Crippen molar-refractivity contribution in [1.82, 2.24) is 13.7 Å². The van der Waals surface area contributed by atoms with Crippen LogP contribution in [0.2, 0.25) is 0 Å². The summed E-state index contributed by atoms with van der Waals surface area (Å²) in [5.74, 6) is 0. The first-order chi connectivity index (χ1) is 27.7. The molecule has 8 aromatic carbocycles. The summed E-state index contributed by atoms with van der Waals surface area (Å²) in [6.45, 7) is 0. The van der Waals surface area contributed by atoms with Crippen LogP contribution in [0.4, 0.5) is 0 Å². The molecule has 4 heterocycles. The van der Waals surface area contributed by atoms with Gasteiger partial charge in [0.2, 0.25) is 0 Å². The summed E-state index contributed by atoms with van der Waals surface area (Å²) < 4.78 is 13.4. The Balaban J connectivity index is 1.19. The molecule has 0 fully saturated rings. The van der Waals surface area contributed by atoms with E-state index in [1.54, 1.807) is 0 Å². The van der Waals surface area contributed by atoms with Gasteiger partial charge in [0.25, 0.3) is 0 Å². The van der Waals surface area contributed by atoms with Gasteiger partial charge in [-0.15, -0.1) is 0 Å². The number of benzene rings is 8. The predicted octanol–water partition coefficient (Wildman–Crippen LogP) is 12.7. The maximum atomic E-state index is 11.0. The molecule has 0 saturated heterocycles. The third kappa shape index (κ3) is 3.95. The van der Waals surface area contributed by atoms with Crippen LogP contribution in [0.25, 0.3) is 104 Å². The molecule has 0 bridgehead atoms. The summed E-state index contributed by atoms with van der Waals surface area (Å²) in [6, 6.07) is 59.4. The van der Waals surface area contributed by atoms with Gasteiger partial charge < -0.3 is 23.5 Å². The van der Waals surface area contributed by atoms with Crippen molar-refractivity contribution in [3.05, 3.63) is 175 Å². The summed E-state index contributed by atoms with van der Waals surface area (Å²) >= 11 is 0. The Morgan fingerprint density at radius 3 is 1.57 bits per heavy atom. The second-order valence-corrected chi connectivity index (χ2v) is 14.4. The number of rotatable bonds is 4. The fourth-order valence-electron chi connectivity index (χ4n) is 9.30. The molecular weight excluding hydrogens is 687 g/mol. The van der Waals surface area contributed by atoms with Gasteiger partial charge >= 0.3 is 0 Å². The molecular formula is C50H29N5O. The van der Waals surface area contributed by atoms with Crippen molar-refractivity contribution in [3.8, 4) is 23.1 Å². The van der Waals surface area contributed by atoms with E-state index in [4.69, 9.17) is 9.83 Å². The van der Waals surface area contributed by atoms with Crippen molar-refractivity contribution >= 4 is 93.6 Å². The van der Waals surface area contributed by atoms with Crippen molar-refractivity contribution in [2.45, 2.75) is 0 Å². The number of hydrogen-bond donors (Lipinski definition) is 1. The third-order valence-corrected chi connectivity index (χ3v) is 11.6. The second-order valence-electron chi connectivity index (χ2n) is 14.4. The van der Waals surface area contributed by atoms with Crippen LogP contribution in [0, 0.1) is 16.7 Å². The largest absolute Gasteiger partial charge is 0.455 e. The van der Waals surface area contributed by atoms with Gasteiger partial charge in [-0.3, -0.25) is 0 Å². The molecule has 0 aliphatic heterocycles. The molecule has 0 amide bonds. The Bertz CT molecular complexity index is 3590. The van der Waals surface area contributed by atoms with Crippen LogP contribution in [-0.2, 0) is 0 Å². The van der Waals surface area contributed by atoms with Crippen molar-refractivity contribution in [3.63, 3.8) is 0 Å². The smallest absolute Gasteiger partial charge is 0.145 e. The molecule has 0 aliphatic rings. The van der Waals surface area contributed by atoms with Crippen molar-refractivity contribution in [1.29, 1.82) is 10.7 Å². The van der Waals surface area contributed by atoms with Crippen molar-refractivity contribution in [2.75, 3.05) is 0 Å². The molecule has 56 heavy (non-hydrogen) atoms. The number of aromatic nitrogens is 3. The van der Waals surface area contributed by atoms with Gasteiger partial charge in [-0.25, -0.2) is 0 Å². The van der Waals surface area contributed by atoms with E-state index >= 15 is 0 Å². The van der Waals surface area contributed by atoms with Gasteiger partial charge in [0.1, 0.15) is 17.2 Å². The maximum Gasteiger partial charge on any atom is 0.145 e. The minimum absolute atomic E-state index is 0.436. The van der Waals surface area contributed by atoms with Crippen LogP contribution in [-0.4, -0.2) is 19.9 Å². The highest BCUT2D eigenvalue weighted by atomic mass is 16.3. The van der Waals surface area contributed by atoms with Gasteiger partial charge in [0.05, 0.1) is 55.4 Å². The lowest BCUT2D eigenvalue weighted by molar-refractivity contribution is 0.673. The first-order valence-electron chi connectivity index (χ1n) is 18.7. The standard InChI is InChI=1S/C50H29N5O/c51-28-38-39(29-52)46(26-25-45(38)54-42-18-8-3-13-33(42)34-14-4-9-19-43(34)54)55-44-23-21-30(53-40-16-6-1-11-31(40)32-12-2-7-17-41(32)53)27-37(44)49-47(55)24-22-36-35-15-5-10-20-48(35)56-50(36)49/h1-27,29,52H. The summed E-state index contributed by atoms with van der Waals surface area (Å²) in [7, 11) is 0. The Kier molecular flexibility index (Phi) is 6.18. The van der Waals surface area contributed by atoms with Crippen molar-refractivity contribution in [2.24, 2.45) is 0 Å². The minimum atomic E-state index is 0.436. The summed E-state index contributed by atoms with van der Waals surface area (Å²) in [6.07, 6.45) is 1.33. The molecule has 260 valence electrons. The molecule has 0 unspecified atom stereocenters. The van der Waals surface area contributed by atoms with Crippen LogP contribution >= 0.6 is 0 Å². The van der Waals surface area contributed by atoms with E-state index in [1.807, 2.05) is 48.5 Å². The first kappa shape index (κ1) is 30.6. The average Bonchev–Trinajstić information content (AvgIpc) is 3.99. The number of furan rings is 1. The number of para-hydroxylation sites is 5. The van der Waals surface area contributed by atoms with Gasteiger partial charge in [-0.05, 0) is 72.8 Å². The molecule has 6 heteroatoms. The third-order valence-electron chi connectivity index (χ3n) is 11.6. The fraction of sp³-hybridized carbons (Fsp3) is 0. The van der Waals surface area contributed by atoms with E-state index in [2.05, 4.69) is 135 Å². The number of nitrogens with zero attached hydrogens (tertiary/aromatic N) is 4. The van der Waals surface area contributed by atoms with E-state index in [0.29, 0.717) is 11.1 Å². The van der Waals surface area contributed by atoms with E-state index in [-0.39, 0.29) is 0 Å². The van der Waals surface area contributed by atoms with Gasteiger partial charge in [0, 0.05) is 55.2 Å². The zero-order chi connectivity index (χ0) is 37.1. The quantitative estimate of drug-likeness (QED) is 0.184. The maximum absolute atomic E-state index is 11.0. The van der Waals surface area contributed by atoms with Crippen LogP contribution in [0.3, 0.4) is 0 Å². The molecule has 0 atom stereocenters. The molecule has 6 nitrogen and oxygen atoms in total. The molecule has 0 radical (unpaired) electrons. The highest BCUT2D eigenvalue weighted by Gasteiger charge is 2.24. The number of fused-ring (bicyclic) bond motifs is 13. The Morgan fingerprint density at radius 2 is 0.964 bits per heavy atom. The zero-order valence-electron chi connectivity index (χ0n) is 29.9. The van der Waals surface area contributed by atoms with Gasteiger partial charge in [-0.2, -0.15) is 5.26 Å². The van der Waals surface area contributed by atoms with Gasteiger partial charge in [-0.1, -0.05) is 91.0 Å². The predicted molar refractivity (Wildman–Crippen MR) is 229 cm³/mol. The highest BCUT2D eigenvalue weighted by molar-refractivity contribution is 6.24. The van der Waals surface area contributed by atoms with Crippen LogP contribution < -0.4 is 0 Å². The Hall–Kier alpha value is -7.88. The molecule has 0 spiro atoms. The van der Waals surface area contributed by atoms with Crippen LogP contribution in [0.15, 0.2) is 168 Å². The molecule has 0 saturated carbocycles. The molecule has 1 N–H and O–H groups in total. The average molecular weight is 716 g/mol. The molecule has 12 aromatic rings. The second kappa shape index (κ2) is 11.3. The van der Waals surface area contributed by atoms with Crippen molar-refractivity contribution < 1.29 is 4.42 Å². The van der Waals surface area contributed by atoms with Crippen LogP contribution in [0.1, 0.15) is 11.1 Å². The number of nitriles is 1. The summed E-state index contributed by atoms with van der Waals surface area (Å²) in [4.78, 5) is 0. The van der Waals surface area contributed by atoms with E-state index < -0.39 is 0 Å². The van der Waals surface area contributed by atoms with E-state index in [0.717, 1.165) is 93.6 Å². The molecule has 4 aromatic heterocycles. The lowest BCUT2D eigenvalue weighted by Crippen LogP contribution is -2.06. The highest BCUT2D eigenvalue weighted by Crippen LogP contribution is 2.43. The summed E-state index contributed by atoms with van der Waals surface area (Å²) in [5, 5.41) is 28.6. The first-order valence-corrected chi connectivity index (χ1v) is 18.7. The van der Waals surface area contributed by atoms with Gasteiger partial charge in [0.15, 0.2) is 0 Å². The number of hydrogen-bond acceptors (Lipinski definition) is 3. The zero-order valence-corrected chi connectivity index (χ0v) is 29.9. The van der Waals surface area contributed by atoms with Crippen LogP contribution in [0.5, 0.6) is 0 Å². The normalized spacial score (nSPS) is 12.0.